The number of methoxy groups -OCH3 is 1. The van der Waals surface area contributed by atoms with Crippen LogP contribution in [0.4, 0.5) is 5.69 Å². The molecule has 7 heteroatoms. The average molecular weight is 380 g/mol. The van der Waals surface area contributed by atoms with Gasteiger partial charge in [0.2, 0.25) is 0 Å². The summed E-state index contributed by atoms with van der Waals surface area (Å²) in [5.41, 5.74) is 0.528. The van der Waals surface area contributed by atoms with Gasteiger partial charge in [-0.3, -0.25) is 9.59 Å². The minimum Gasteiger partial charge on any atom is -0.495 e. The second-order valence-electron chi connectivity index (χ2n) is 4.94. The van der Waals surface area contributed by atoms with E-state index in [2.05, 4.69) is 5.32 Å². The van der Waals surface area contributed by atoms with E-state index in [0.717, 1.165) is 4.90 Å². The van der Waals surface area contributed by atoms with Crippen molar-refractivity contribution in [2.45, 2.75) is 11.3 Å². The summed E-state index contributed by atoms with van der Waals surface area (Å²) >= 11 is 7.51. The van der Waals surface area contributed by atoms with Crippen molar-refractivity contribution in [3.05, 3.63) is 53.6 Å². The van der Waals surface area contributed by atoms with Gasteiger partial charge in [0.15, 0.2) is 6.61 Å². The lowest BCUT2D eigenvalue weighted by atomic mass is 10.3. The van der Waals surface area contributed by atoms with Crippen molar-refractivity contribution < 1.29 is 19.1 Å². The van der Waals surface area contributed by atoms with E-state index in [-0.39, 0.29) is 13.0 Å². The van der Waals surface area contributed by atoms with E-state index in [1.165, 1.54) is 18.9 Å². The average Bonchev–Trinajstić information content (AvgIpc) is 2.62. The highest BCUT2D eigenvalue weighted by Gasteiger charge is 2.10. The molecule has 0 heterocycles. The van der Waals surface area contributed by atoms with Crippen LogP contribution in [0.3, 0.4) is 0 Å². The molecule has 0 aromatic heterocycles. The molecule has 0 saturated heterocycles. The van der Waals surface area contributed by atoms with Crippen LogP contribution in [-0.2, 0) is 14.3 Å². The maximum atomic E-state index is 11.9. The van der Waals surface area contributed by atoms with Gasteiger partial charge < -0.3 is 14.8 Å². The third-order valence-electron chi connectivity index (χ3n) is 3.15. The Labute approximate surface area is 155 Å². The van der Waals surface area contributed by atoms with Gasteiger partial charge in [-0.1, -0.05) is 35.9 Å². The number of rotatable bonds is 8. The van der Waals surface area contributed by atoms with Crippen molar-refractivity contribution in [3.63, 3.8) is 0 Å². The molecule has 0 unspecified atom stereocenters. The zero-order valence-electron chi connectivity index (χ0n) is 13.7. The van der Waals surface area contributed by atoms with E-state index >= 15 is 0 Å². The molecule has 0 aliphatic heterocycles. The van der Waals surface area contributed by atoms with Gasteiger partial charge in [0.25, 0.3) is 5.91 Å². The molecule has 0 saturated carbocycles. The SMILES string of the molecule is COc1ccccc1NC(=O)COC(=O)CCSc1ccccc1Cl. The highest BCUT2D eigenvalue weighted by atomic mass is 35.5. The van der Waals surface area contributed by atoms with E-state index in [4.69, 9.17) is 21.1 Å². The zero-order valence-corrected chi connectivity index (χ0v) is 15.2. The molecule has 1 amide bonds. The summed E-state index contributed by atoms with van der Waals surface area (Å²) in [4.78, 5) is 24.5. The van der Waals surface area contributed by atoms with Gasteiger partial charge in [-0.25, -0.2) is 0 Å². The third kappa shape index (κ3) is 6.32. The predicted octanol–water partition coefficient (Wildman–Crippen LogP) is 4.01. The summed E-state index contributed by atoms with van der Waals surface area (Å²) in [6.07, 6.45) is 0.192. The van der Waals surface area contributed by atoms with Crippen LogP contribution in [0.2, 0.25) is 5.02 Å². The van der Waals surface area contributed by atoms with E-state index < -0.39 is 11.9 Å². The number of hydrogen-bond acceptors (Lipinski definition) is 5. The number of nitrogens with one attached hydrogen (secondary N) is 1. The number of benzene rings is 2. The van der Waals surface area contributed by atoms with Crippen LogP contribution >= 0.6 is 23.4 Å². The molecule has 1 N–H and O–H groups in total. The highest BCUT2D eigenvalue weighted by Crippen LogP contribution is 2.27. The van der Waals surface area contributed by atoms with Crippen molar-refractivity contribution in [2.24, 2.45) is 0 Å². The molecule has 2 aromatic carbocycles. The van der Waals surface area contributed by atoms with Crippen molar-refractivity contribution in [1.82, 2.24) is 0 Å². The number of carbonyl (C=O) groups excluding carboxylic acids is 2. The maximum absolute atomic E-state index is 11.9. The Balaban J connectivity index is 1.71. The number of ether oxygens (including phenoxy) is 2. The van der Waals surface area contributed by atoms with Crippen molar-refractivity contribution in [3.8, 4) is 5.75 Å². The normalized spacial score (nSPS) is 10.2. The molecule has 0 spiro atoms. The van der Waals surface area contributed by atoms with Gasteiger partial charge in [-0.2, -0.15) is 0 Å². The Morgan fingerprint density at radius 2 is 1.84 bits per heavy atom. The molecule has 25 heavy (non-hydrogen) atoms. The van der Waals surface area contributed by atoms with Crippen LogP contribution in [0.1, 0.15) is 6.42 Å². The fourth-order valence-electron chi connectivity index (χ4n) is 1.96. The van der Waals surface area contributed by atoms with Gasteiger partial charge in [-0.15, -0.1) is 11.8 Å². The molecule has 0 radical (unpaired) electrons. The van der Waals surface area contributed by atoms with Gasteiger partial charge in [0.05, 0.1) is 24.2 Å². The smallest absolute Gasteiger partial charge is 0.307 e. The van der Waals surface area contributed by atoms with Crippen LogP contribution in [0.25, 0.3) is 0 Å². The maximum Gasteiger partial charge on any atom is 0.307 e. The van der Waals surface area contributed by atoms with E-state index in [1.807, 2.05) is 18.2 Å². The Morgan fingerprint density at radius 1 is 1.12 bits per heavy atom. The zero-order chi connectivity index (χ0) is 18.1. The number of anilines is 1. The van der Waals surface area contributed by atoms with Gasteiger partial charge >= 0.3 is 5.97 Å². The Kier molecular flexibility index (Phi) is 7.63. The number of halogens is 1. The highest BCUT2D eigenvalue weighted by molar-refractivity contribution is 7.99. The molecule has 0 aliphatic rings. The largest absolute Gasteiger partial charge is 0.495 e. The molecule has 5 nitrogen and oxygen atoms in total. The summed E-state index contributed by atoms with van der Waals surface area (Å²) in [5, 5.41) is 3.29. The standard InChI is InChI=1S/C18H18ClNO4S/c1-23-15-8-4-3-7-14(15)20-17(21)12-24-18(22)10-11-25-16-9-5-2-6-13(16)19/h2-9H,10-12H2,1H3,(H,20,21). The van der Waals surface area contributed by atoms with Gasteiger partial charge in [-0.05, 0) is 24.3 Å². The summed E-state index contributed by atoms with van der Waals surface area (Å²) in [6, 6.07) is 14.4. The Morgan fingerprint density at radius 3 is 2.60 bits per heavy atom. The van der Waals surface area contributed by atoms with E-state index in [1.54, 1.807) is 30.3 Å². The molecular formula is C18H18ClNO4S. The molecule has 2 aromatic rings. The predicted molar refractivity (Wildman–Crippen MR) is 99.4 cm³/mol. The van der Waals surface area contributed by atoms with Gasteiger partial charge in [0.1, 0.15) is 5.75 Å². The summed E-state index contributed by atoms with van der Waals surface area (Å²) in [7, 11) is 1.52. The number of para-hydroxylation sites is 2. The first-order valence-electron chi connectivity index (χ1n) is 7.56. The Bertz CT molecular complexity index is 739. The molecule has 0 fully saturated rings. The number of hydrogen-bond donors (Lipinski definition) is 1. The van der Waals surface area contributed by atoms with E-state index in [0.29, 0.717) is 22.2 Å². The molecule has 132 valence electrons. The van der Waals surface area contributed by atoms with Crippen LogP contribution in [0.15, 0.2) is 53.4 Å². The molecule has 0 atom stereocenters. The fraction of sp³-hybridized carbons (Fsp3) is 0.222. The van der Waals surface area contributed by atoms with Crippen LogP contribution < -0.4 is 10.1 Å². The lowest BCUT2D eigenvalue weighted by Gasteiger charge is -2.10. The van der Waals surface area contributed by atoms with Crippen LogP contribution in [-0.4, -0.2) is 31.3 Å². The quantitative estimate of drug-likeness (QED) is 0.554. The number of esters is 1. The number of carbonyl (C=O) groups is 2. The first-order chi connectivity index (χ1) is 12.1. The van der Waals surface area contributed by atoms with Gasteiger partial charge in [0, 0.05) is 10.6 Å². The minimum atomic E-state index is -0.435. The van der Waals surface area contributed by atoms with Crippen LogP contribution in [0.5, 0.6) is 5.75 Å². The fourth-order valence-corrected chi connectivity index (χ4v) is 3.13. The lowest BCUT2D eigenvalue weighted by molar-refractivity contribution is -0.146. The molecule has 2 rings (SSSR count). The van der Waals surface area contributed by atoms with Crippen LogP contribution in [0, 0.1) is 0 Å². The first-order valence-corrected chi connectivity index (χ1v) is 8.92. The third-order valence-corrected chi connectivity index (χ3v) is 4.66. The van der Waals surface area contributed by atoms with Crippen molar-refractivity contribution in [1.29, 1.82) is 0 Å². The summed E-state index contributed by atoms with van der Waals surface area (Å²) in [5.74, 6) is 0.209. The second kappa shape index (κ2) is 9.96. The topological polar surface area (TPSA) is 64.6 Å². The minimum absolute atomic E-state index is 0.192. The summed E-state index contributed by atoms with van der Waals surface area (Å²) < 4.78 is 10.1. The van der Waals surface area contributed by atoms with Crippen molar-refractivity contribution >= 4 is 40.9 Å². The molecular weight excluding hydrogens is 362 g/mol. The lowest BCUT2D eigenvalue weighted by Crippen LogP contribution is -2.21. The molecule has 0 bridgehead atoms. The molecule has 0 aliphatic carbocycles. The monoisotopic (exact) mass is 379 g/mol. The van der Waals surface area contributed by atoms with Crippen molar-refractivity contribution in [2.75, 3.05) is 24.8 Å². The summed E-state index contributed by atoms with van der Waals surface area (Å²) in [6.45, 7) is -0.340. The van der Waals surface area contributed by atoms with E-state index in [9.17, 15) is 9.59 Å². The number of amides is 1. The second-order valence-corrected chi connectivity index (χ2v) is 6.48. The Hall–Kier alpha value is -2.18. The first kappa shape index (κ1) is 19.1. The number of thioether (sulfide) groups is 1.